The number of benzene rings is 1. The summed E-state index contributed by atoms with van der Waals surface area (Å²) in [6, 6.07) is 7.44. The van der Waals surface area contributed by atoms with Crippen LogP contribution >= 0.6 is 0 Å². The van der Waals surface area contributed by atoms with Crippen molar-refractivity contribution < 1.29 is 9.53 Å². The van der Waals surface area contributed by atoms with Crippen LogP contribution in [0.3, 0.4) is 0 Å². The predicted molar refractivity (Wildman–Crippen MR) is 118 cm³/mol. The summed E-state index contributed by atoms with van der Waals surface area (Å²) in [4.78, 5) is 29.0. The second kappa shape index (κ2) is 8.22. The topological polar surface area (TPSA) is 86.4 Å². The maximum absolute atomic E-state index is 12.9. The van der Waals surface area contributed by atoms with Gasteiger partial charge in [0, 0.05) is 43.6 Å². The van der Waals surface area contributed by atoms with Crippen molar-refractivity contribution in [3.05, 3.63) is 42.4 Å². The second-order valence-corrected chi connectivity index (χ2v) is 8.01. The monoisotopic (exact) mass is 408 g/mol. The summed E-state index contributed by atoms with van der Waals surface area (Å²) in [7, 11) is 0. The van der Waals surface area contributed by atoms with E-state index in [9.17, 15) is 4.79 Å². The van der Waals surface area contributed by atoms with Gasteiger partial charge in [-0.2, -0.15) is 0 Å². The van der Waals surface area contributed by atoms with Crippen LogP contribution in [0.5, 0.6) is 5.75 Å². The SMILES string of the molecule is Cc1c[nH]c2ncnc(N3CCN(C(=O)Nc4cccc(OC(C)C)c4)[C@@H](C)C3)c12. The summed E-state index contributed by atoms with van der Waals surface area (Å²) in [5, 5.41) is 4.05. The number of aromatic amines is 1. The molecule has 1 saturated heterocycles. The van der Waals surface area contributed by atoms with E-state index in [2.05, 4.69) is 39.0 Å². The number of carbonyl (C=O) groups is 1. The van der Waals surface area contributed by atoms with Crippen LogP contribution in [0, 0.1) is 6.92 Å². The lowest BCUT2D eigenvalue weighted by molar-refractivity contribution is 0.184. The molecule has 3 heterocycles. The number of aryl methyl sites for hydroxylation is 1. The van der Waals surface area contributed by atoms with Crippen LogP contribution in [0.25, 0.3) is 11.0 Å². The number of urea groups is 1. The average molecular weight is 409 g/mol. The number of nitrogens with one attached hydrogen (secondary N) is 2. The Morgan fingerprint density at radius 2 is 2.13 bits per heavy atom. The first-order chi connectivity index (χ1) is 14.4. The fraction of sp³-hybridized carbons (Fsp3) is 0.409. The molecule has 0 radical (unpaired) electrons. The number of fused-ring (bicyclic) bond motifs is 1. The van der Waals surface area contributed by atoms with Gasteiger partial charge in [-0.1, -0.05) is 6.07 Å². The minimum absolute atomic E-state index is 0.0399. The van der Waals surface area contributed by atoms with Gasteiger partial charge in [0.25, 0.3) is 0 Å². The molecule has 2 amide bonds. The Balaban J connectivity index is 1.44. The molecule has 3 aromatic rings. The molecule has 1 aliphatic rings. The van der Waals surface area contributed by atoms with Gasteiger partial charge in [0.1, 0.15) is 23.5 Å². The van der Waals surface area contributed by atoms with Crippen LogP contribution in [0.15, 0.2) is 36.8 Å². The first-order valence-electron chi connectivity index (χ1n) is 10.3. The van der Waals surface area contributed by atoms with E-state index in [1.165, 1.54) is 0 Å². The number of amides is 2. The maximum atomic E-state index is 12.9. The second-order valence-electron chi connectivity index (χ2n) is 8.01. The maximum Gasteiger partial charge on any atom is 0.322 e. The quantitative estimate of drug-likeness (QED) is 0.686. The smallest absolute Gasteiger partial charge is 0.322 e. The molecule has 8 heteroatoms. The molecule has 30 heavy (non-hydrogen) atoms. The predicted octanol–water partition coefficient (Wildman–Crippen LogP) is 3.80. The van der Waals surface area contributed by atoms with Gasteiger partial charge >= 0.3 is 6.03 Å². The number of H-pyrrole nitrogens is 1. The summed E-state index contributed by atoms with van der Waals surface area (Å²) >= 11 is 0. The van der Waals surface area contributed by atoms with Crippen molar-refractivity contribution in [2.75, 3.05) is 29.9 Å². The summed E-state index contributed by atoms with van der Waals surface area (Å²) in [6.45, 7) is 10.1. The highest BCUT2D eigenvalue weighted by molar-refractivity contribution is 5.92. The molecule has 2 N–H and O–H groups in total. The lowest BCUT2D eigenvalue weighted by atomic mass is 10.1. The highest BCUT2D eigenvalue weighted by Crippen LogP contribution is 2.28. The van der Waals surface area contributed by atoms with Crippen molar-refractivity contribution in [2.24, 2.45) is 0 Å². The van der Waals surface area contributed by atoms with Gasteiger partial charge in [-0.3, -0.25) is 0 Å². The Morgan fingerprint density at radius 3 is 2.90 bits per heavy atom. The van der Waals surface area contributed by atoms with E-state index >= 15 is 0 Å². The number of anilines is 2. The van der Waals surface area contributed by atoms with E-state index in [0.29, 0.717) is 19.6 Å². The Morgan fingerprint density at radius 1 is 1.30 bits per heavy atom. The van der Waals surface area contributed by atoms with Crippen molar-refractivity contribution in [2.45, 2.75) is 39.8 Å². The van der Waals surface area contributed by atoms with Gasteiger partial charge in [-0.05, 0) is 45.4 Å². The van der Waals surface area contributed by atoms with Crippen molar-refractivity contribution in [1.29, 1.82) is 0 Å². The zero-order valence-electron chi connectivity index (χ0n) is 17.8. The number of hydrogen-bond acceptors (Lipinski definition) is 5. The van der Waals surface area contributed by atoms with E-state index in [0.717, 1.165) is 33.9 Å². The van der Waals surface area contributed by atoms with Crippen molar-refractivity contribution in [1.82, 2.24) is 19.9 Å². The minimum Gasteiger partial charge on any atom is -0.491 e. The Labute approximate surface area is 176 Å². The van der Waals surface area contributed by atoms with Gasteiger partial charge in [-0.15, -0.1) is 0 Å². The molecule has 1 aromatic carbocycles. The summed E-state index contributed by atoms with van der Waals surface area (Å²) in [5.41, 5.74) is 2.69. The van der Waals surface area contributed by atoms with Crippen LogP contribution in [0.2, 0.25) is 0 Å². The Kier molecular flexibility index (Phi) is 5.48. The third kappa shape index (κ3) is 4.03. The van der Waals surface area contributed by atoms with E-state index < -0.39 is 0 Å². The molecular formula is C22H28N6O2. The molecule has 4 rings (SSSR count). The number of hydrogen-bond donors (Lipinski definition) is 2. The largest absolute Gasteiger partial charge is 0.491 e. The molecule has 0 unspecified atom stereocenters. The molecule has 0 saturated carbocycles. The van der Waals surface area contributed by atoms with Gasteiger partial charge in [0.05, 0.1) is 11.5 Å². The molecule has 0 bridgehead atoms. The van der Waals surface area contributed by atoms with Crippen LogP contribution < -0.4 is 15.0 Å². The first kappa shape index (κ1) is 20.0. The Bertz CT molecular complexity index is 1050. The zero-order valence-corrected chi connectivity index (χ0v) is 17.8. The summed E-state index contributed by atoms with van der Waals surface area (Å²) in [5.74, 6) is 1.67. The number of carbonyl (C=O) groups excluding carboxylic acids is 1. The molecule has 1 aliphatic heterocycles. The van der Waals surface area contributed by atoms with Gasteiger partial charge in [0.2, 0.25) is 0 Å². The molecule has 2 aromatic heterocycles. The average Bonchev–Trinajstić information content (AvgIpc) is 3.09. The zero-order chi connectivity index (χ0) is 21.3. The Hall–Kier alpha value is -3.29. The van der Waals surface area contributed by atoms with Gasteiger partial charge < -0.3 is 24.8 Å². The highest BCUT2D eigenvalue weighted by atomic mass is 16.5. The van der Waals surface area contributed by atoms with Crippen molar-refractivity contribution in [3.8, 4) is 5.75 Å². The highest BCUT2D eigenvalue weighted by Gasteiger charge is 2.29. The normalized spacial score (nSPS) is 16.9. The fourth-order valence-electron chi connectivity index (χ4n) is 3.90. The molecule has 0 aliphatic carbocycles. The van der Waals surface area contributed by atoms with Crippen LogP contribution in [-0.2, 0) is 0 Å². The molecule has 1 fully saturated rings. The molecule has 1 atom stereocenters. The van der Waals surface area contributed by atoms with E-state index in [1.54, 1.807) is 6.33 Å². The lowest BCUT2D eigenvalue weighted by Gasteiger charge is -2.40. The number of aromatic nitrogens is 3. The summed E-state index contributed by atoms with van der Waals surface area (Å²) < 4.78 is 5.72. The standard InChI is InChI=1S/C22H28N6O2/c1-14(2)30-18-7-5-6-17(10-18)26-22(29)28-9-8-27(12-16(28)4)21-19-15(3)11-23-20(19)24-13-25-21/h5-7,10-11,13-14,16H,8-9,12H2,1-4H3,(H,26,29)(H,23,24,25)/t16-/m0/s1. The number of piperazine rings is 1. The van der Waals surface area contributed by atoms with Gasteiger partial charge in [0.15, 0.2) is 0 Å². The molecule has 0 spiro atoms. The van der Waals surface area contributed by atoms with Crippen LogP contribution in [0.4, 0.5) is 16.3 Å². The fourth-order valence-corrected chi connectivity index (χ4v) is 3.90. The number of nitrogens with zero attached hydrogens (tertiary/aromatic N) is 4. The third-order valence-electron chi connectivity index (χ3n) is 5.29. The lowest BCUT2D eigenvalue weighted by Crippen LogP contribution is -2.55. The van der Waals surface area contributed by atoms with E-state index in [1.807, 2.05) is 49.2 Å². The van der Waals surface area contributed by atoms with Crippen molar-refractivity contribution >= 4 is 28.6 Å². The van der Waals surface area contributed by atoms with E-state index in [-0.39, 0.29) is 18.2 Å². The van der Waals surface area contributed by atoms with E-state index in [4.69, 9.17) is 4.74 Å². The van der Waals surface area contributed by atoms with Gasteiger partial charge in [-0.25, -0.2) is 14.8 Å². The minimum atomic E-state index is -0.102. The number of rotatable bonds is 4. The number of ether oxygens (including phenoxy) is 1. The molecule has 158 valence electrons. The third-order valence-corrected chi connectivity index (χ3v) is 5.29. The van der Waals surface area contributed by atoms with Crippen LogP contribution in [-0.4, -0.2) is 57.7 Å². The summed E-state index contributed by atoms with van der Waals surface area (Å²) in [6.07, 6.45) is 3.62. The van der Waals surface area contributed by atoms with Crippen LogP contribution in [0.1, 0.15) is 26.3 Å². The first-order valence-corrected chi connectivity index (χ1v) is 10.3. The molecular weight excluding hydrogens is 380 g/mol. The van der Waals surface area contributed by atoms with Crippen molar-refractivity contribution in [3.63, 3.8) is 0 Å². The molecule has 8 nitrogen and oxygen atoms in total.